The van der Waals surface area contributed by atoms with E-state index in [9.17, 15) is 14.9 Å². The molecule has 3 heterocycles. The Morgan fingerprint density at radius 2 is 2.37 bits per heavy atom. The molecule has 0 saturated carbocycles. The van der Waals surface area contributed by atoms with Gasteiger partial charge in [-0.2, -0.15) is 5.26 Å². The molecule has 3 rings (SSSR count). The van der Waals surface area contributed by atoms with Gasteiger partial charge in [0.15, 0.2) is 0 Å². The summed E-state index contributed by atoms with van der Waals surface area (Å²) in [6.45, 7) is 2.13. The van der Waals surface area contributed by atoms with Gasteiger partial charge in [0.2, 0.25) is 6.41 Å². The summed E-state index contributed by atoms with van der Waals surface area (Å²) < 4.78 is 0. The fraction of sp³-hybridized carbons (Fsp3) is 0.500. The van der Waals surface area contributed by atoms with E-state index in [2.05, 4.69) is 11.1 Å². The van der Waals surface area contributed by atoms with Crippen molar-refractivity contribution in [3.63, 3.8) is 0 Å². The Hall–Kier alpha value is -1.94. The van der Waals surface area contributed by atoms with Crippen LogP contribution in [0.25, 0.3) is 0 Å². The third-order valence-corrected chi connectivity index (χ3v) is 4.68. The van der Waals surface area contributed by atoms with Crippen molar-refractivity contribution < 1.29 is 9.59 Å². The molecular formula is C12H12N4O2S. The minimum atomic E-state index is -0.226. The van der Waals surface area contributed by atoms with Crippen LogP contribution in [-0.2, 0) is 4.79 Å². The molecule has 1 atom stereocenters. The van der Waals surface area contributed by atoms with Crippen LogP contribution in [0.4, 0.5) is 0 Å². The molecule has 2 saturated heterocycles. The van der Waals surface area contributed by atoms with Crippen LogP contribution in [0, 0.1) is 22.7 Å². The van der Waals surface area contributed by atoms with Crippen molar-refractivity contribution in [2.24, 2.45) is 11.3 Å². The van der Waals surface area contributed by atoms with Crippen molar-refractivity contribution in [2.75, 3.05) is 26.2 Å². The van der Waals surface area contributed by atoms with Gasteiger partial charge in [0.25, 0.3) is 5.91 Å². The average molecular weight is 276 g/mol. The molecule has 2 fully saturated rings. The van der Waals surface area contributed by atoms with Crippen molar-refractivity contribution in [2.45, 2.75) is 0 Å². The van der Waals surface area contributed by atoms with Gasteiger partial charge in [-0.3, -0.25) is 14.6 Å². The number of thiazole rings is 1. The zero-order valence-corrected chi connectivity index (χ0v) is 11.0. The van der Waals surface area contributed by atoms with E-state index in [1.165, 1.54) is 11.3 Å². The molecule has 2 aliphatic heterocycles. The lowest BCUT2D eigenvalue weighted by molar-refractivity contribution is -0.129. The summed E-state index contributed by atoms with van der Waals surface area (Å²) in [5.41, 5.74) is 1.40. The predicted molar refractivity (Wildman–Crippen MR) is 67.2 cm³/mol. The van der Waals surface area contributed by atoms with Gasteiger partial charge < -0.3 is 9.80 Å². The quantitative estimate of drug-likeness (QED) is 0.723. The first kappa shape index (κ1) is 12.1. The third-order valence-electron chi connectivity index (χ3n) is 3.92. The number of nitrogens with zero attached hydrogens (tertiary/aromatic N) is 4. The molecule has 6 nitrogen and oxygen atoms in total. The molecule has 7 heteroatoms. The second kappa shape index (κ2) is 4.31. The van der Waals surface area contributed by atoms with Gasteiger partial charge in [0.05, 0.1) is 23.7 Å². The smallest absolute Gasteiger partial charge is 0.265 e. The first-order chi connectivity index (χ1) is 9.18. The fourth-order valence-corrected chi connectivity index (χ4v) is 3.52. The Balaban J connectivity index is 1.76. The fourth-order valence-electron chi connectivity index (χ4n) is 2.94. The highest BCUT2D eigenvalue weighted by atomic mass is 32.1. The van der Waals surface area contributed by atoms with E-state index >= 15 is 0 Å². The number of likely N-dealkylation sites (tertiary alicyclic amines) is 2. The first-order valence-corrected chi connectivity index (χ1v) is 6.83. The SMILES string of the molecule is N#CC1CN(C(=O)c2cncs2)CC12CN(C=O)C2. The molecule has 0 aliphatic carbocycles. The average Bonchev–Trinajstić information content (AvgIpc) is 3.02. The van der Waals surface area contributed by atoms with Gasteiger partial charge in [-0.25, -0.2) is 0 Å². The number of hydrogen-bond donors (Lipinski definition) is 0. The number of amides is 2. The maximum absolute atomic E-state index is 12.3. The molecule has 2 aliphatic rings. The van der Waals surface area contributed by atoms with Crippen LogP contribution >= 0.6 is 11.3 Å². The van der Waals surface area contributed by atoms with E-state index in [1.54, 1.807) is 21.5 Å². The summed E-state index contributed by atoms with van der Waals surface area (Å²) in [7, 11) is 0. The number of rotatable bonds is 2. The molecule has 1 aromatic rings. The van der Waals surface area contributed by atoms with Crippen LogP contribution in [0.3, 0.4) is 0 Å². The highest BCUT2D eigenvalue weighted by Gasteiger charge is 2.55. The molecule has 19 heavy (non-hydrogen) atoms. The van der Waals surface area contributed by atoms with Gasteiger partial charge in [-0.1, -0.05) is 0 Å². The normalized spacial score (nSPS) is 24.1. The number of nitriles is 1. The molecule has 1 spiro atoms. The monoisotopic (exact) mass is 276 g/mol. The Bertz CT molecular complexity index is 545. The molecule has 0 N–H and O–H groups in total. The highest BCUT2D eigenvalue weighted by molar-refractivity contribution is 7.11. The van der Waals surface area contributed by atoms with E-state index < -0.39 is 0 Å². The summed E-state index contributed by atoms with van der Waals surface area (Å²) >= 11 is 1.31. The Morgan fingerprint density at radius 3 is 2.95 bits per heavy atom. The van der Waals surface area contributed by atoms with Crippen LogP contribution in [-0.4, -0.2) is 53.3 Å². The predicted octanol–water partition coefficient (Wildman–Crippen LogP) is 0.197. The lowest BCUT2D eigenvalue weighted by atomic mass is 9.72. The van der Waals surface area contributed by atoms with Crippen molar-refractivity contribution in [3.8, 4) is 6.07 Å². The van der Waals surface area contributed by atoms with Crippen molar-refractivity contribution >= 4 is 23.7 Å². The van der Waals surface area contributed by atoms with Crippen LogP contribution in [0.5, 0.6) is 0 Å². The number of carbonyl (C=O) groups excluding carboxylic acids is 2. The molecular weight excluding hydrogens is 264 g/mol. The van der Waals surface area contributed by atoms with Crippen LogP contribution in [0.1, 0.15) is 9.67 Å². The molecule has 0 radical (unpaired) electrons. The van der Waals surface area contributed by atoms with Crippen LogP contribution < -0.4 is 0 Å². The van der Waals surface area contributed by atoms with Crippen LogP contribution in [0.2, 0.25) is 0 Å². The van der Waals surface area contributed by atoms with E-state index in [4.69, 9.17) is 0 Å². The zero-order valence-electron chi connectivity index (χ0n) is 10.2. The van der Waals surface area contributed by atoms with Crippen molar-refractivity contribution in [1.82, 2.24) is 14.8 Å². The zero-order chi connectivity index (χ0) is 13.5. The van der Waals surface area contributed by atoms with Crippen LogP contribution in [0.15, 0.2) is 11.7 Å². The summed E-state index contributed by atoms with van der Waals surface area (Å²) in [5.74, 6) is -0.259. The van der Waals surface area contributed by atoms with E-state index in [1.807, 2.05) is 0 Å². The van der Waals surface area contributed by atoms with Gasteiger partial charge in [0.1, 0.15) is 4.88 Å². The lowest BCUT2D eigenvalue weighted by Crippen LogP contribution is -2.59. The standard InChI is InChI=1S/C12H12N4O2S/c13-1-9-3-16(11(18)10-2-14-7-19-10)6-12(9)4-15(5-12)8-17/h2,7-9H,3-6H2. The second-order valence-corrected chi connectivity index (χ2v) is 5.99. The molecule has 1 unspecified atom stereocenters. The maximum atomic E-state index is 12.3. The maximum Gasteiger partial charge on any atom is 0.265 e. The third kappa shape index (κ3) is 1.79. The minimum Gasteiger partial charge on any atom is -0.344 e. The van der Waals surface area contributed by atoms with Crippen molar-refractivity contribution in [3.05, 3.63) is 16.6 Å². The van der Waals surface area contributed by atoms with Gasteiger partial charge in [0, 0.05) is 31.6 Å². The van der Waals surface area contributed by atoms with E-state index in [0.29, 0.717) is 31.1 Å². The summed E-state index contributed by atoms with van der Waals surface area (Å²) in [5, 5.41) is 9.25. The largest absolute Gasteiger partial charge is 0.344 e. The molecule has 98 valence electrons. The summed E-state index contributed by atoms with van der Waals surface area (Å²) in [4.78, 5) is 30.8. The minimum absolute atomic E-state index is 0.0656. The number of aromatic nitrogens is 1. The Kier molecular flexibility index (Phi) is 2.75. The summed E-state index contributed by atoms with van der Waals surface area (Å²) in [6.07, 6.45) is 2.35. The van der Waals surface area contributed by atoms with Gasteiger partial charge >= 0.3 is 0 Å². The van der Waals surface area contributed by atoms with Gasteiger partial charge in [-0.05, 0) is 0 Å². The molecule has 2 amide bonds. The molecule has 0 bridgehead atoms. The van der Waals surface area contributed by atoms with E-state index in [0.717, 1.165) is 6.41 Å². The topological polar surface area (TPSA) is 77.3 Å². The molecule has 1 aromatic heterocycles. The second-order valence-electron chi connectivity index (χ2n) is 5.11. The van der Waals surface area contributed by atoms with Crippen molar-refractivity contribution in [1.29, 1.82) is 5.26 Å². The first-order valence-electron chi connectivity index (χ1n) is 5.95. The lowest BCUT2D eigenvalue weighted by Gasteiger charge is -2.47. The van der Waals surface area contributed by atoms with E-state index in [-0.39, 0.29) is 17.2 Å². The highest BCUT2D eigenvalue weighted by Crippen LogP contribution is 2.43. The number of carbonyl (C=O) groups is 2. The number of hydrogen-bond acceptors (Lipinski definition) is 5. The molecule has 0 aromatic carbocycles. The Morgan fingerprint density at radius 1 is 1.58 bits per heavy atom. The summed E-state index contributed by atoms with van der Waals surface area (Å²) in [6, 6.07) is 2.28. The Labute approximate surface area is 114 Å². The van der Waals surface area contributed by atoms with Gasteiger partial charge in [-0.15, -0.1) is 11.3 Å².